The number of nitro groups is 1. The van der Waals surface area contributed by atoms with Crippen molar-refractivity contribution in [1.82, 2.24) is 4.98 Å². The minimum atomic E-state index is -0.590. The van der Waals surface area contributed by atoms with Gasteiger partial charge in [0.1, 0.15) is 11.3 Å². The van der Waals surface area contributed by atoms with Crippen LogP contribution in [-0.2, 0) is 0 Å². The van der Waals surface area contributed by atoms with Crippen LogP contribution in [0.5, 0.6) is 0 Å². The second kappa shape index (κ2) is 3.52. The maximum absolute atomic E-state index is 13.4. The van der Waals surface area contributed by atoms with Crippen LogP contribution in [0.15, 0.2) is 18.2 Å². The van der Waals surface area contributed by atoms with Crippen LogP contribution in [-0.4, -0.2) is 9.91 Å². The summed E-state index contributed by atoms with van der Waals surface area (Å²) in [5, 5.41) is 11.3. The Morgan fingerprint density at radius 3 is 2.69 bits per heavy atom. The molecule has 0 radical (unpaired) electrons. The Kier molecular flexibility index (Phi) is 2.30. The topological polar surface area (TPSA) is 56.0 Å². The summed E-state index contributed by atoms with van der Waals surface area (Å²) in [5.41, 5.74) is 0.680. The van der Waals surface area contributed by atoms with Crippen LogP contribution in [0, 0.1) is 29.8 Å². The van der Waals surface area contributed by atoms with Crippen molar-refractivity contribution in [2.75, 3.05) is 0 Å². The smallest absolute Gasteiger partial charge is 0.258 e. The number of rotatable bonds is 1. The first-order valence-corrected chi connectivity index (χ1v) is 4.71. The fourth-order valence-electron chi connectivity index (χ4n) is 1.63. The Bertz CT molecular complexity index is 596. The Labute approximate surface area is 90.9 Å². The van der Waals surface area contributed by atoms with Gasteiger partial charge in [-0.05, 0) is 26.0 Å². The highest BCUT2D eigenvalue weighted by molar-refractivity contribution is 5.88. The number of nitrogens with zero attached hydrogens (tertiary/aromatic N) is 2. The van der Waals surface area contributed by atoms with Crippen molar-refractivity contribution < 1.29 is 9.31 Å². The molecule has 1 aromatic heterocycles. The summed E-state index contributed by atoms with van der Waals surface area (Å²) >= 11 is 0. The van der Waals surface area contributed by atoms with E-state index >= 15 is 0 Å². The van der Waals surface area contributed by atoms with Gasteiger partial charge < -0.3 is 0 Å². The molecular weight excluding hydrogens is 211 g/mol. The molecule has 2 aromatic rings. The van der Waals surface area contributed by atoms with Crippen molar-refractivity contribution in [1.29, 1.82) is 0 Å². The Morgan fingerprint density at radius 2 is 2.06 bits per heavy atom. The monoisotopic (exact) mass is 220 g/mol. The molecule has 0 aliphatic rings. The molecule has 1 heterocycles. The summed E-state index contributed by atoms with van der Waals surface area (Å²) in [6, 6.07) is 4.60. The van der Waals surface area contributed by atoms with E-state index in [1.54, 1.807) is 19.1 Å². The minimum Gasteiger partial charge on any atom is -0.258 e. The lowest BCUT2D eigenvalue weighted by Crippen LogP contribution is -1.98. The summed E-state index contributed by atoms with van der Waals surface area (Å²) in [4.78, 5) is 14.4. The summed E-state index contributed by atoms with van der Waals surface area (Å²) in [7, 11) is 0. The van der Waals surface area contributed by atoms with Gasteiger partial charge in [0, 0.05) is 11.1 Å². The third-order valence-electron chi connectivity index (χ3n) is 2.47. The van der Waals surface area contributed by atoms with E-state index in [1.807, 2.05) is 0 Å². The maximum Gasteiger partial charge on any atom is 0.301 e. The lowest BCUT2D eigenvalue weighted by atomic mass is 10.1. The molecule has 0 atom stereocenters. The zero-order chi connectivity index (χ0) is 11.9. The van der Waals surface area contributed by atoms with Gasteiger partial charge >= 0.3 is 5.69 Å². The van der Waals surface area contributed by atoms with E-state index in [4.69, 9.17) is 0 Å². The fourth-order valence-corrected chi connectivity index (χ4v) is 1.63. The van der Waals surface area contributed by atoms with E-state index in [-0.39, 0.29) is 16.8 Å². The SMILES string of the molecule is Cc1ccc2cc(F)c(C)c([N+](=O)[O-])c2n1. The zero-order valence-electron chi connectivity index (χ0n) is 8.82. The van der Waals surface area contributed by atoms with Crippen molar-refractivity contribution in [3.63, 3.8) is 0 Å². The summed E-state index contributed by atoms with van der Waals surface area (Å²) in [6.07, 6.45) is 0. The highest BCUT2D eigenvalue weighted by atomic mass is 19.1. The standard InChI is InChI=1S/C11H9FN2O2/c1-6-3-4-8-5-9(12)7(2)11(14(15)16)10(8)13-6/h3-5H,1-2H3. The number of halogens is 1. The van der Waals surface area contributed by atoms with E-state index in [0.29, 0.717) is 11.1 Å². The van der Waals surface area contributed by atoms with Gasteiger partial charge in [0.05, 0.1) is 10.5 Å². The molecule has 0 bridgehead atoms. The third-order valence-corrected chi connectivity index (χ3v) is 2.47. The minimum absolute atomic E-state index is 0.0237. The number of benzene rings is 1. The zero-order valence-corrected chi connectivity index (χ0v) is 8.82. The molecule has 4 nitrogen and oxygen atoms in total. The van der Waals surface area contributed by atoms with Gasteiger partial charge in [0.15, 0.2) is 0 Å². The van der Waals surface area contributed by atoms with E-state index in [1.165, 1.54) is 13.0 Å². The van der Waals surface area contributed by atoms with E-state index in [9.17, 15) is 14.5 Å². The molecule has 0 unspecified atom stereocenters. The van der Waals surface area contributed by atoms with E-state index in [2.05, 4.69) is 4.98 Å². The van der Waals surface area contributed by atoms with Gasteiger partial charge in [-0.25, -0.2) is 9.37 Å². The average molecular weight is 220 g/mol. The van der Waals surface area contributed by atoms with Gasteiger partial charge in [0.2, 0.25) is 0 Å². The predicted octanol–water partition coefficient (Wildman–Crippen LogP) is 2.90. The molecular formula is C11H9FN2O2. The molecule has 16 heavy (non-hydrogen) atoms. The number of aromatic nitrogens is 1. The summed E-state index contributed by atoms with van der Waals surface area (Å²) < 4.78 is 13.4. The van der Waals surface area contributed by atoms with Gasteiger partial charge in [-0.1, -0.05) is 6.07 Å². The highest BCUT2D eigenvalue weighted by Gasteiger charge is 2.20. The second-order valence-corrected chi connectivity index (χ2v) is 3.61. The molecule has 0 spiro atoms. The van der Waals surface area contributed by atoms with Crippen LogP contribution < -0.4 is 0 Å². The summed E-state index contributed by atoms with van der Waals surface area (Å²) in [6.45, 7) is 3.12. The summed E-state index contributed by atoms with van der Waals surface area (Å²) in [5.74, 6) is -0.579. The van der Waals surface area contributed by atoms with Crippen molar-refractivity contribution in [3.05, 3.63) is 45.4 Å². The molecule has 1 aromatic carbocycles. The van der Waals surface area contributed by atoms with Crippen LogP contribution in [0.4, 0.5) is 10.1 Å². The van der Waals surface area contributed by atoms with Crippen LogP contribution in [0.1, 0.15) is 11.3 Å². The van der Waals surface area contributed by atoms with Gasteiger partial charge in [-0.2, -0.15) is 0 Å². The number of hydrogen-bond acceptors (Lipinski definition) is 3. The highest BCUT2D eigenvalue weighted by Crippen LogP contribution is 2.29. The first-order chi connectivity index (χ1) is 7.50. The number of pyridine rings is 1. The lowest BCUT2D eigenvalue weighted by molar-refractivity contribution is -0.383. The normalized spacial score (nSPS) is 10.7. The van der Waals surface area contributed by atoms with E-state index < -0.39 is 10.7 Å². The Hall–Kier alpha value is -2.04. The second-order valence-electron chi connectivity index (χ2n) is 3.61. The maximum atomic E-state index is 13.4. The van der Waals surface area contributed by atoms with Crippen molar-refractivity contribution in [2.24, 2.45) is 0 Å². The molecule has 0 amide bonds. The van der Waals surface area contributed by atoms with Crippen molar-refractivity contribution >= 4 is 16.6 Å². The molecule has 0 aliphatic heterocycles. The van der Waals surface area contributed by atoms with Crippen LogP contribution in [0.3, 0.4) is 0 Å². The third kappa shape index (κ3) is 1.50. The molecule has 0 saturated carbocycles. The Balaban J connectivity index is 2.96. The van der Waals surface area contributed by atoms with Crippen LogP contribution >= 0.6 is 0 Å². The molecule has 2 rings (SSSR count). The number of aryl methyl sites for hydroxylation is 1. The van der Waals surface area contributed by atoms with Gasteiger partial charge in [0.25, 0.3) is 0 Å². The fraction of sp³-hybridized carbons (Fsp3) is 0.182. The molecule has 82 valence electrons. The first kappa shape index (κ1) is 10.5. The predicted molar refractivity (Wildman–Crippen MR) is 57.8 cm³/mol. The van der Waals surface area contributed by atoms with Gasteiger partial charge in [-0.3, -0.25) is 10.1 Å². The number of fused-ring (bicyclic) bond motifs is 1. The van der Waals surface area contributed by atoms with Crippen molar-refractivity contribution in [2.45, 2.75) is 13.8 Å². The molecule has 5 heteroatoms. The molecule has 0 aliphatic carbocycles. The van der Waals surface area contributed by atoms with Gasteiger partial charge in [-0.15, -0.1) is 0 Å². The quantitative estimate of drug-likeness (QED) is 0.548. The molecule has 0 fully saturated rings. The lowest BCUT2D eigenvalue weighted by Gasteiger charge is -2.04. The van der Waals surface area contributed by atoms with Crippen LogP contribution in [0.25, 0.3) is 10.9 Å². The van der Waals surface area contributed by atoms with Crippen LogP contribution in [0.2, 0.25) is 0 Å². The molecule has 0 N–H and O–H groups in total. The van der Waals surface area contributed by atoms with Crippen molar-refractivity contribution in [3.8, 4) is 0 Å². The molecule has 0 saturated heterocycles. The first-order valence-electron chi connectivity index (χ1n) is 4.71. The largest absolute Gasteiger partial charge is 0.301 e. The number of nitro benzene ring substituents is 1. The van der Waals surface area contributed by atoms with E-state index in [0.717, 1.165) is 0 Å². The average Bonchev–Trinajstić information content (AvgIpc) is 2.20. The Morgan fingerprint density at radius 1 is 1.38 bits per heavy atom. The number of hydrogen-bond donors (Lipinski definition) is 0.